The van der Waals surface area contributed by atoms with Crippen LogP contribution in [0.3, 0.4) is 0 Å². The summed E-state index contributed by atoms with van der Waals surface area (Å²) < 4.78 is 0. The van der Waals surface area contributed by atoms with Crippen molar-refractivity contribution >= 4 is 15.8 Å². The summed E-state index contributed by atoms with van der Waals surface area (Å²) in [5.74, 6) is 0. The molecule has 2 aliphatic rings. The predicted octanol–water partition coefficient (Wildman–Crippen LogP) is 7.02. The Kier molecular flexibility index (Phi) is 5.67. The van der Waals surface area contributed by atoms with Crippen LogP contribution >= 0.6 is 15.8 Å². The Morgan fingerprint density at radius 3 is 1.46 bits per heavy atom. The minimum atomic E-state index is 0.227. The summed E-state index contributed by atoms with van der Waals surface area (Å²) in [5, 5.41) is 0. The first-order valence-corrected chi connectivity index (χ1v) is 13.1. The summed E-state index contributed by atoms with van der Waals surface area (Å²) in [5.41, 5.74) is 5.04. The van der Waals surface area contributed by atoms with E-state index in [2.05, 4.69) is 60.7 Å². The van der Waals surface area contributed by atoms with Gasteiger partial charge in [-0.3, -0.25) is 0 Å². The van der Waals surface area contributed by atoms with Gasteiger partial charge in [0, 0.05) is 11.3 Å². The van der Waals surface area contributed by atoms with E-state index >= 15 is 0 Å². The van der Waals surface area contributed by atoms with Crippen LogP contribution in [0.5, 0.6) is 0 Å². The van der Waals surface area contributed by atoms with Crippen LogP contribution in [-0.4, -0.2) is 24.6 Å². The second kappa shape index (κ2) is 8.12. The molecule has 0 bridgehead atoms. The van der Waals surface area contributed by atoms with Gasteiger partial charge in [0.05, 0.1) is 0 Å². The van der Waals surface area contributed by atoms with Crippen LogP contribution in [0.4, 0.5) is 0 Å². The Labute approximate surface area is 149 Å². The molecule has 4 atom stereocenters. The van der Waals surface area contributed by atoms with E-state index in [0.29, 0.717) is 0 Å². The Morgan fingerprint density at radius 2 is 1.04 bits per heavy atom. The van der Waals surface area contributed by atoms with Gasteiger partial charge in [-0.2, -0.15) is 0 Å². The van der Waals surface area contributed by atoms with Gasteiger partial charge >= 0.3 is 0 Å². The van der Waals surface area contributed by atoms with Gasteiger partial charge in [0.15, 0.2) is 0 Å². The number of hydrogen-bond donors (Lipinski definition) is 0. The van der Waals surface area contributed by atoms with Crippen molar-refractivity contribution in [2.75, 3.05) is 24.6 Å². The normalized spacial score (nSPS) is 29.8. The van der Waals surface area contributed by atoms with Crippen molar-refractivity contribution in [1.82, 2.24) is 0 Å². The van der Waals surface area contributed by atoms with Gasteiger partial charge < -0.3 is 0 Å². The third-order valence-corrected chi connectivity index (χ3v) is 12.4. The smallest absolute Gasteiger partial charge is 0.00420 e. The summed E-state index contributed by atoms with van der Waals surface area (Å²) in [6.45, 7) is 0. The third-order valence-electron chi connectivity index (χ3n) is 5.77. The van der Waals surface area contributed by atoms with E-state index in [9.17, 15) is 0 Å². The lowest BCUT2D eigenvalue weighted by molar-refractivity contribution is 0.825. The average molecular weight is 354 g/mol. The largest absolute Gasteiger partial charge is 0.0987 e. The van der Waals surface area contributed by atoms with E-state index in [4.69, 9.17) is 0 Å². The van der Waals surface area contributed by atoms with Gasteiger partial charge in [0.2, 0.25) is 0 Å². The van der Waals surface area contributed by atoms with Crippen molar-refractivity contribution in [3.05, 3.63) is 71.8 Å². The molecule has 4 rings (SSSR count). The van der Waals surface area contributed by atoms with Gasteiger partial charge in [-0.15, -0.1) is 0 Å². The highest BCUT2D eigenvalue weighted by molar-refractivity contribution is 7.62. The maximum absolute atomic E-state index is 2.37. The van der Waals surface area contributed by atoms with E-state index in [1.807, 2.05) is 0 Å². The monoisotopic (exact) mass is 354 g/mol. The molecular formula is C22H28P2. The SMILES string of the molecule is c1ccc([C@@H]2CCCP2CCP2CCC[C@H]2c2ccccc2)cc1. The number of hydrogen-bond acceptors (Lipinski definition) is 0. The van der Waals surface area contributed by atoms with Crippen molar-refractivity contribution in [3.63, 3.8) is 0 Å². The van der Waals surface area contributed by atoms with Gasteiger partial charge in [0.1, 0.15) is 0 Å². The summed E-state index contributed by atoms with van der Waals surface area (Å²) in [6, 6.07) is 22.7. The Bertz CT molecular complexity index is 567. The molecule has 0 aromatic heterocycles. The standard InChI is InChI=1S/C22H28P2/c1-3-9-19(10-4-1)21-13-7-15-23(21)17-18-24-16-8-14-22(24)20-11-5-2-6-12-20/h1-6,9-12,21-22H,7-8,13-18H2/t21-,22-,23?,24?/m0/s1. The molecule has 0 spiro atoms. The first-order chi connectivity index (χ1) is 11.9. The van der Waals surface area contributed by atoms with E-state index in [1.165, 1.54) is 50.3 Å². The Morgan fingerprint density at radius 1 is 0.625 bits per heavy atom. The maximum Gasteiger partial charge on any atom is 0.00420 e. The summed E-state index contributed by atoms with van der Waals surface area (Å²) in [6.07, 6.45) is 11.9. The molecule has 126 valence electrons. The molecule has 2 fully saturated rings. The van der Waals surface area contributed by atoms with E-state index in [-0.39, 0.29) is 15.8 Å². The van der Waals surface area contributed by atoms with Crippen LogP contribution in [-0.2, 0) is 0 Å². The van der Waals surface area contributed by atoms with Crippen molar-refractivity contribution in [3.8, 4) is 0 Å². The zero-order valence-electron chi connectivity index (χ0n) is 14.5. The molecule has 0 nitrogen and oxygen atoms in total. The highest BCUT2D eigenvalue weighted by atomic mass is 31.1. The maximum atomic E-state index is 2.37. The molecule has 0 radical (unpaired) electrons. The molecule has 2 aromatic rings. The first kappa shape index (κ1) is 16.8. The van der Waals surface area contributed by atoms with E-state index < -0.39 is 0 Å². The molecule has 24 heavy (non-hydrogen) atoms. The van der Waals surface area contributed by atoms with Crippen molar-refractivity contribution in [2.24, 2.45) is 0 Å². The van der Waals surface area contributed by atoms with Gasteiger partial charge in [-0.25, -0.2) is 0 Å². The van der Waals surface area contributed by atoms with E-state index in [1.54, 1.807) is 11.1 Å². The fraction of sp³-hybridized carbons (Fsp3) is 0.455. The zero-order chi connectivity index (χ0) is 16.2. The molecule has 2 heterocycles. The lowest BCUT2D eigenvalue weighted by atomic mass is 10.1. The molecule has 0 amide bonds. The van der Waals surface area contributed by atoms with Crippen LogP contribution in [0.1, 0.15) is 48.1 Å². The molecule has 2 aromatic carbocycles. The molecular weight excluding hydrogens is 326 g/mol. The molecule has 2 saturated heterocycles. The second-order valence-electron chi connectivity index (χ2n) is 7.21. The number of benzene rings is 2. The van der Waals surface area contributed by atoms with E-state index in [0.717, 1.165) is 11.3 Å². The quantitative estimate of drug-likeness (QED) is 0.506. The highest BCUT2D eigenvalue weighted by Crippen LogP contribution is 2.64. The van der Waals surface area contributed by atoms with Crippen LogP contribution in [0.25, 0.3) is 0 Å². The van der Waals surface area contributed by atoms with Gasteiger partial charge in [-0.1, -0.05) is 76.5 Å². The fourth-order valence-corrected chi connectivity index (χ4v) is 11.8. The van der Waals surface area contributed by atoms with Crippen molar-refractivity contribution < 1.29 is 0 Å². The fourth-order valence-electron chi connectivity index (χ4n) is 4.55. The minimum Gasteiger partial charge on any atom is -0.0987 e. The van der Waals surface area contributed by atoms with Crippen LogP contribution in [0, 0.1) is 0 Å². The predicted molar refractivity (Wildman–Crippen MR) is 110 cm³/mol. The minimum absolute atomic E-state index is 0.227. The van der Waals surface area contributed by atoms with Crippen molar-refractivity contribution in [2.45, 2.75) is 37.0 Å². The Balaban J connectivity index is 1.39. The molecule has 2 heteroatoms. The zero-order valence-corrected chi connectivity index (χ0v) is 16.3. The number of rotatable bonds is 5. The summed E-state index contributed by atoms with van der Waals surface area (Å²) in [7, 11) is 0.455. The van der Waals surface area contributed by atoms with Crippen LogP contribution in [0.2, 0.25) is 0 Å². The first-order valence-electron chi connectivity index (χ1n) is 9.50. The highest BCUT2D eigenvalue weighted by Gasteiger charge is 2.31. The lowest BCUT2D eigenvalue weighted by Crippen LogP contribution is -2.01. The molecule has 2 unspecified atom stereocenters. The average Bonchev–Trinajstić information content (AvgIpc) is 3.30. The van der Waals surface area contributed by atoms with Gasteiger partial charge in [-0.05, 0) is 61.5 Å². The topological polar surface area (TPSA) is 0 Å². The molecule has 0 aliphatic carbocycles. The second-order valence-corrected chi connectivity index (χ2v) is 12.6. The van der Waals surface area contributed by atoms with Gasteiger partial charge in [0.25, 0.3) is 0 Å². The van der Waals surface area contributed by atoms with Crippen LogP contribution < -0.4 is 0 Å². The molecule has 0 saturated carbocycles. The molecule has 0 N–H and O–H groups in total. The summed E-state index contributed by atoms with van der Waals surface area (Å²) in [4.78, 5) is 0. The summed E-state index contributed by atoms with van der Waals surface area (Å²) >= 11 is 0. The molecule has 2 aliphatic heterocycles. The third kappa shape index (κ3) is 3.76. The van der Waals surface area contributed by atoms with Crippen molar-refractivity contribution in [1.29, 1.82) is 0 Å². The lowest BCUT2D eigenvalue weighted by Gasteiger charge is -2.25. The Hall–Kier alpha value is -0.700. The van der Waals surface area contributed by atoms with Crippen LogP contribution in [0.15, 0.2) is 60.7 Å².